The van der Waals surface area contributed by atoms with Crippen molar-refractivity contribution in [1.82, 2.24) is 15.1 Å². The number of anilines is 2. The monoisotopic (exact) mass is 663 g/mol. The topological polar surface area (TPSA) is 67.9 Å². The Morgan fingerprint density at radius 2 is 1.54 bits per heavy atom. The molecule has 2 amide bonds. The summed E-state index contributed by atoms with van der Waals surface area (Å²) in [4.78, 5) is 29.5. The van der Waals surface area contributed by atoms with Crippen molar-refractivity contribution in [1.29, 1.82) is 0 Å². The van der Waals surface area contributed by atoms with Crippen molar-refractivity contribution in [2.45, 2.75) is 38.3 Å². The number of rotatable bonds is 6. The maximum Gasteiger partial charge on any atom is 0.416 e. The molecule has 250 valence electrons. The van der Waals surface area contributed by atoms with Crippen molar-refractivity contribution in [2.75, 3.05) is 50.5 Å². The number of benzene rings is 2. The molecule has 46 heavy (non-hydrogen) atoms. The second kappa shape index (κ2) is 12.9. The summed E-state index contributed by atoms with van der Waals surface area (Å²) in [6.07, 6.45) is -8.04. The van der Waals surface area contributed by atoms with Gasteiger partial charge in [0.1, 0.15) is 29.6 Å². The summed E-state index contributed by atoms with van der Waals surface area (Å²) in [7, 11) is 2.58. The van der Waals surface area contributed by atoms with Gasteiger partial charge in [0.15, 0.2) is 0 Å². The first-order chi connectivity index (χ1) is 21.3. The smallest absolute Gasteiger partial charge is 0.387 e. The van der Waals surface area contributed by atoms with Gasteiger partial charge in [-0.1, -0.05) is 6.08 Å². The van der Waals surface area contributed by atoms with Crippen molar-refractivity contribution in [3.05, 3.63) is 70.7 Å². The van der Waals surface area contributed by atoms with Gasteiger partial charge in [-0.25, -0.2) is 13.2 Å². The lowest BCUT2D eigenvalue weighted by Gasteiger charge is -2.44. The Hall–Kier alpha value is -4.21. The molecule has 2 aromatic rings. The van der Waals surface area contributed by atoms with Gasteiger partial charge in [-0.15, -0.1) is 0 Å². The standard InChI is InChI=1S/C30H30F9N5O2/c1-15-12-44(13-16(2)43(15)4)25-10-21(31)18(9-24(25)41-27(45)19-11-40-6-5-20(19)30(37,38)39)17-7-22(32)26(23(33)8-17)28(46)42(3)14-29(34,35)36/h5,7-11,15-16,40H,6,12-14H2,1-4H3,(H,41,45)/t15-,16+. The molecule has 7 nitrogen and oxygen atoms in total. The molecule has 0 saturated carbocycles. The third kappa shape index (κ3) is 7.43. The highest BCUT2D eigenvalue weighted by Crippen LogP contribution is 2.38. The Balaban J connectivity index is 1.79. The third-order valence-corrected chi connectivity index (χ3v) is 7.87. The molecule has 2 N–H and O–H groups in total. The molecule has 0 aliphatic carbocycles. The van der Waals surface area contributed by atoms with Gasteiger partial charge in [-0.3, -0.25) is 14.5 Å². The number of hydrogen-bond donors (Lipinski definition) is 2. The third-order valence-electron chi connectivity index (χ3n) is 7.87. The molecule has 1 fully saturated rings. The van der Waals surface area contributed by atoms with Crippen molar-refractivity contribution < 1.29 is 49.1 Å². The lowest BCUT2D eigenvalue weighted by atomic mass is 9.98. The van der Waals surface area contributed by atoms with E-state index < -0.39 is 76.0 Å². The van der Waals surface area contributed by atoms with E-state index in [9.17, 15) is 35.9 Å². The maximum absolute atomic E-state index is 15.7. The fourth-order valence-electron chi connectivity index (χ4n) is 5.37. The Bertz CT molecular complexity index is 1550. The average Bonchev–Trinajstić information content (AvgIpc) is 2.94. The second-order valence-corrected chi connectivity index (χ2v) is 11.2. The van der Waals surface area contributed by atoms with E-state index in [1.165, 1.54) is 0 Å². The van der Waals surface area contributed by atoms with Gasteiger partial charge < -0.3 is 20.4 Å². The van der Waals surface area contributed by atoms with Crippen molar-refractivity contribution in [3.63, 3.8) is 0 Å². The van der Waals surface area contributed by atoms with E-state index in [-0.39, 0.29) is 34.9 Å². The van der Waals surface area contributed by atoms with E-state index in [2.05, 4.69) is 15.5 Å². The van der Waals surface area contributed by atoms with Crippen LogP contribution in [0.2, 0.25) is 0 Å². The molecule has 0 radical (unpaired) electrons. The van der Waals surface area contributed by atoms with Crippen LogP contribution in [0.5, 0.6) is 0 Å². The van der Waals surface area contributed by atoms with Crippen LogP contribution in [0.25, 0.3) is 11.1 Å². The Labute approximate surface area is 258 Å². The average molecular weight is 664 g/mol. The number of dihydropyridines is 1. The zero-order chi connectivity index (χ0) is 34.3. The number of nitrogens with one attached hydrogen (secondary N) is 2. The van der Waals surface area contributed by atoms with E-state index in [0.717, 1.165) is 24.4 Å². The van der Waals surface area contributed by atoms with Crippen LogP contribution in [0.3, 0.4) is 0 Å². The molecule has 0 aromatic heterocycles. The SMILES string of the molecule is C[C@@H]1CN(c2cc(F)c(-c3cc(F)c(C(=O)N(C)CC(F)(F)F)c(F)c3)cc2NC(=O)C2=CNCC=C2C(F)(F)F)C[C@H](C)N1C. The van der Waals surface area contributed by atoms with E-state index >= 15 is 13.2 Å². The molecule has 2 atom stereocenters. The number of carbonyl (C=O) groups is 2. The van der Waals surface area contributed by atoms with E-state index in [1.54, 1.807) is 4.90 Å². The van der Waals surface area contributed by atoms with Crippen LogP contribution >= 0.6 is 0 Å². The summed E-state index contributed by atoms with van der Waals surface area (Å²) in [5, 5.41) is 4.93. The number of amides is 2. The summed E-state index contributed by atoms with van der Waals surface area (Å²) in [5.41, 5.74) is -4.33. The molecule has 2 aliphatic rings. The van der Waals surface area contributed by atoms with Crippen LogP contribution in [0.4, 0.5) is 50.9 Å². The van der Waals surface area contributed by atoms with Crippen LogP contribution in [-0.4, -0.2) is 86.3 Å². The van der Waals surface area contributed by atoms with E-state index in [4.69, 9.17) is 0 Å². The molecule has 0 unspecified atom stereocenters. The van der Waals surface area contributed by atoms with Gasteiger partial charge in [0, 0.05) is 50.5 Å². The molecule has 0 bridgehead atoms. The number of nitrogens with zero attached hydrogens (tertiary/aromatic N) is 3. The summed E-state index contributed by atoms with van der Waals surface area (Å²) < 4.78 is 125. The van der Waals surface area contributed by atoms with Crippen LogP contribution in [0.1, 0.15) is 24.2 Å². The zero-order valence-corrected chi connectivity index (χ0v) is 25.0. The van der Waals surface area contributed by atoms with Crippen molar-refractivity contribution in [3.8, 4) is 11.1 Å². The minimum atomic E-state index is -4.87. The minimum Gasteiger partial charge on any atom is -0.387 e. The summed E-state index contributed by atoms with van der Waals surface area (Å²) in [5.74, 6) is -7.00. The maximum atomic E-state index is 15.7. The van der Waals surface area contributed by atoms with Gasteiger partial charge in [-0.2, -0.15) is 26.3 Å². The minimum absolute atomic E-state index is 0.0659. The number of alkyl halides is 6. The second-order valence-electron chi connectivity index (χ2n) is 11.2. The molecule has 2 aromatic carbocycles. The fourth-order valence-corrected chi connectivity index (χ4v) is 5.37. The predicted octanol–water partition coefficient (Wildman–Crippen LogP) is 5.85. The van der Waals surface area contributed by atoms with E-state index in [1.807, 2.05) is 20.9 Å². The lowest BCUT2D eigenvalue weighted by molar-refractivity contribution is -0.138. The first-order valence-corrected chi connectivity index (χ1v) is 13.9. The molecule has 16 heteroatoms. The summed E-state index contributed by atoms with van der Waals surface area (Å²) >= 11 is 0. The first-order valence-electron chi connectivity index (χ1n) is 13.9. The molecule has 1 saturated heterocycles. The van der Waals surface area contributed by atoms with Crippen LogP contribution < -0.4 is 15.5 Å². The number of halogens is 9. The number of likely N-dealkylation sites (N-methyl/N-ethyl adjacent to an activating group) is 1. The number of hydrogen-bond acceptors (Lipinski definition) is 5. The largest absolute Gasteiger partial charge is 0.416 e. The molecule has 2 aliphatic heterocycles. The highest BCUT2D eigenvalue weighted by Gasteiger charge is 2.40. The molecular weight excluding hydrogens is 633 g/mol. The molecule has 0 spiro atoms. The van der Waals surface area contributed by atoms with Crippen LogP contribution in [0.15, 0.2) is 47.7 Å². The van der Waals surface area contributed by atoms with Crippen molar-refractivity contribution in [2.24, 2.45) is 0 Å². The van der Waals surface area contributed by atoms with Gasteiger partial charge >= 0.3 is 12.4 Å². The van der Waals surface area contributed by atoms with E-state index in [0.29, 0.717) is 32.3 Å². The van der Waals surface area contributed by atoms with Gasteiger partial charge in [0.25, 0.3) is 11.8 Å². The Morgan fingerprint density at radius 3 is 2.09 bits per heavy atom. The highest BCUT2D eigenvalue weighted by atomic mass is 19.4. The predicted molar refractivity (Wildman–Crippen MR) is 153 cm³/mol. The summed E-state index contributed by atoms with van der Waals surface area (Å²) in [6, 6.07) is 2.91. The quantitative estimate of drug-likeness (QED) is 0.380. The lowest BCUT2D eigenvalue weighted by Crippen LogP contribution is -2.55. The van der Waals surface area contributed by atoms with Gasteiger partial charge in [0.05, 0.1) is 22.5 Å². The normalized spacial score (nSPS) is 19.3. The van der Waals surface area contributed by atoms with Crippen LogP contribution in [0, 0.1) is 17.5 Å². The molecule has 2 heterocycles. The highest BCUT2D eigenvalue weighted by molar-refractivity contribution is 6.09. The Morgan fingerprint density at radius 1 is 0.957 bits per heavy atom. The summed E-state index contributed by atoms with van der Waals surface area (Å²) in [6.45, 7) is 2.47. The molecular formula is C30H30F9N5O2. The fraction of sp³-hybridized carbons (Fsp3) is 0.400. The number of piperazine rings is 1. The Kier molecular flexibility index (Phi) is 9.71. The van der Waals surface area contributed by atoms with Crippen LogP contribution in [-0.2, 0) is 4.79 Å². The van der Waals surface area contributed by atoms with Gasteiger partial charge in [-0.05, 0) is 50.7 Å². The van der Waals surface area contributed by atoms with Crippen molar-refractivity contribution >= 4 is 23.2 Å². The first kappa shape index (κ1) is 34.7. The number of carbonyl (C=O) groups excluding carboxylic acids is 2. The zero-order valence-electron chi connectivity index (χ0n) is 25.0. The van der Waals surface area contributed by atoms with Gasteiger partial charge in [0.2, 0.25) is 0 Å². The molecule has 4 rings (SSSR count).